The molecule has 2 rings (SSSR count). The fourth-order valence-corrected chi connectivity index (χ4v) is 2.18. The Morgan fingerprint density at radius 2 is 2.05 bits per heavy atom. The van der Waals surface area contributed by atoms with Gasteiger partial charge in [-0.1, -0.05) is 0 Å². The number of ether oxygens (including phenoxy) is 1. The van der Waals surface area contributed by atoms with Crippen molar-refractivity contribution < 1.29 is 13.9 Å². The first-order chi connectivity index (χ1) is 9.19. The van der Waals surface area contributed by atoms with Crippen LogP contribution >= 0.6 is 0 Å². The number of fused-ring (bicyclic) bond motifs is 1. The van der Waals surface area contributed by atoms with Gasteiger partial charge in [0.15, 0.2) is 0 Å². The molecule has 0 aliphatic heterocycles. The Labute approximate surface area is 112 Å². The van der Waals surface area contributed by atoms with Crippen molar-refractivity contribution in [2.75, 3.05) is 20.2 Å². The zero-order valence-electron chi connectivity index (χ0n) is 11.6. The average molecular weight is 261 g/mol. The molecule has 1 aromatic carbocycles. The lowest BCUT2D eigenvalue weighted by Gasteiger charge is -2.18. The van der Waals surface area contributed by atoms with Crippen molar-refractivity contribution in [3.63, 3.8) is 0 Å². The topological polar surface area (TPSA) is 42.7 Å². The Morgan fingerprint density at radius 1 is 1.32 bits per heavy atom. The number of carbonyl (C=O) groups excluding carboxylic acids is 1. The fraction of sp³-hybridized carbons (Fsp3) is 0.400. The summed E-state index contributed by atoms with van der Waals surface area (Å²) in [4.78, 5) is 13.9. The SMILES string of the molecule is CCN(CC)C(=O)Cc1coc2cc(OC)ccc12. The molecule has 1 heterocycles. The van der Waals surface area contributed by atoms with E-state index in [2.05, 4.69) is 0 Å². The number of carbonyl (C=O) groups is 1. The summed E-state index contributed by atoms with van der Waals surface area (Å²) in [6.07, 6.45) is 2.03. The lowest BCUT2D eigenvalue weighted by Crippen LogP contribution is -2.31. The van der Waals surface area contributed by atoms with Crippen molar-refractivity contribution in [2.45, 2.75) is 20.3 Å². The van der Waals surface area contributed by atoms with Gasteiger partial charge in [0.2, 0.25) is 5.91 Å². The van der Waals surface area contributed by atoms with Gasteiger partial charge in [0.05, 0.1) is 19.8 Å². The summed E-state index contributed by atoms with van der Waals surface area (Å²) in [6, 6.07) is 5.65. The van der Waals surface area contributed by atoms with Gasteiger partial charge in [-0.15, -0.1) is 0 Å². The molecule has 0 unspecified atom stereocenters. The third-order valence-electron chi connectivity index (χ3n) is 3.32. The Hall–Kier alpha value is -1.97. The van der Waals surface area contributed by atoms with Crippen LogP contribution in [0.15, 0.2) is 28.9 Å². The third kappa shape index (κ3) is 2.72. The number of nitrogens with zero attached hydrogens (tertiary/aromatic N) is 1. The Kier molecular flexibility index (Phi) is 4.10. The van der Waals surface area contributed by atoms with E-state index >= 15 is 0 Å². The molecule has 4 heteroatoms. The predicted octanol–water partition coefficient (Wildman–Crippen LogP) is 2.85. The van der Waals surface area contributed by atoms with Gasteiger partial charge in [-0.2, -0.15) is 0 Å². The summed E-state index contributed by atoms with van der Waals surface area (Å²) in [5, 5.41) is 0.973. The molecule has 0 saturated carbocycles. The molecule has 1 aromatic heterocycles. The van der Waals surface area contributed by atoms with Crippen LogP contribution in [0.3, 0.4) is 0 Å². The van der Waals surface area contributed by atoms with Gasteiger partial charge in [-0.05, 0) is 26.0 Å². The second-order valence-electron chi connectivity index (χ2n) is 4.37. The van der Waals surface area contributed by atoms with Gasteiger partial charge in [-0.3, -0.25) is 4.79 Å². The molecular formula is C15H19NO3. The summed E-state index contributed by atoms with van der Waals surface area (Å²) in [5.74, 6) is 0.881. The van der Waals surface area contributed by atoms with Crippen LogP contribution in [-0.4, -0.2) is 31.0 Å². The molecule has 0 aliphatic carbocycles. The molecule has 2 aromatic rings. The van der Waals surface area contributed by atoms with Crippen LogP contribution in [0, 0.1) is 0 Å². The number of methoxy groups -OCH3 is 1. The molecule has 4 nitrogen and oxygen atoms in total. The molecule has 1 amide bonds. The van der Waals surface area contributed by atoms with Crippen molar-refractivity contribution in [3.05, 3.63) is 30.0 Å². The molecule has 0 fully saturated rings. The lowest BCUT2D eigenvalue weighted by atomic mass is 10.1. The summed E-state index contributed by atoms with van der Waals surface area (Å²) in [5.41, 5.74) is 1.68. The van der Waals surface area contributed by atoms with Crippen molar-refractivity contribution >= 4 is 16.9 Å². The molecule has 0 bridgehead atoms. The Bertz CT molecular complexity index is 570. The van der Waals surface area contributed by atoms with E-state index < -0.39 is 0 Å². The third-order valence-corrected chi connectivity index (χ3v) is 3.32. The highest BCUT2D eigenvalue weighted by molar-refractivity contribution is 5.88. The van der Waals surface area contributed by atoms with Crippen molar-refractivity contribution in [1.82, 2.24) is 4.90 Å². The minimum Gasteiger partial charge on any atom is -0.497 e. The maximum absolute atomic E-state index is 12.1. The number of hydrogen-bond donors (Lipinski definition) is 0. The van der Waals surface area contributed by atoms with Crippen LogP contribution in [0.2, 0.25) is 0 Å². The first-order valence-electron chi connectivity index (χ1n) is 6.51. The molecule has 0 radical (unpaired) electrons. The molecule has 0 aliphatic rings. The standard InChI is InChI=1S/C15H19NO3/c1-4-16(5-2)15(17)8-11-10-19-14-9-12(18-3)6-7-13(11)14/h6-7,9-10H,4-5,8H2,1-3H3. The lowest BCUT2D eigenvalue weighted by molar-refractivity contribution is -0.130. The molecule has 0 saturated heterocycles. The maximum Gasteiger partial charge on any atom is 0.227 e. The summed E-state index contributed by atoms with van der Waals surface area (Å²) in [6.45, 7) is 5.44. The van der Waals surface area contributed by atoms with Gasteiger partial charge in [-0.25, -0.2) is 0 Å². The average Bonchev–Trinajstić information content (AvgIpc) is 2.82. The molecule has 19 heavy (non-hydrogen) atoms. The predicted molar refractivity (Wildman–Crippen MR) is 74.4 cm³/mol. The number of benzene rings is 1. The van der Waals surface area contributed by atoms with Gasteiger partial charge in [0.1, 0.15) is 11.3 Å². The van der Waals surface area contributed by atoms with Crippen LogP contribution in [0.5, 0.6) is 5.75 Å². The van der Waals surface area contributed by atoms with Crippen molar-refractivity contribution in [1.29, 1.82) is 0 Å². The highest BCUT2D eigenvalue weighted by Crippen LogP contribution is 2.26. The van der Waals surface area contributed by atoms with Crippen LogP contribution in [0.4, 0.5) is 0 Å². The first-order valence-corrected chi connectivity index (χ1v) is 6.51. The van der Waals surface area contributed by atoms with Crippen LogP contribution in [0.1, 0.15) is 19.4 Å². The van der Waals surface area contributed by atoms with Crippen molar-refractivity contribution in [3.8, 4) is 5.75 Å². The molecule has 102 valence electrons. The Balaban J connectivity index is 2.24. The molecule has 0 spiro atoms. The van der Waals surface area contributed by atoms with E-state index in [1.165, 1.54) is 0 Å². The highest BCUT2D eigenvalue weighted by atomic mass is 16.5. The maximum atomic E-state index is 12.1. The fourth-order valence-electron chi connectivity index (χ4n) is 2.18. The molecule has 0 atom stereocenters. The van der Waals surface area contributed by atoms with E-state index in [9.17, 15) is 4.79 Å². The highest BCUT2D eigenvalue weighted by Gasteiger charge is 2.14. The number of furan rings is 1. The first kappa shape index (κ1) is 13.5. The van der Waals surface area contributed by atoms with E-state index in [-0.39, 0.29) is 5.91 Å². The van der Waals surface area contributed by atoms with Crippen LogP contribution < -0.4 is 4.74 Å². The normalized spacial score (nSPS) is 10.7. The second kappa shape index (κ2) is 5.78. The van der Waals surface area contributed by atoms with E-state index in [1.807, 2.05) is 36.9 Å². The minimum absolute atomic E-state index is 0.128. The number of hydrogen-bond acceptors (Lipinski definition) is 3. The van der Waals surface area contributed by atoms with Crippen LogP contribution in [0.25, 0.3) is 11.0 Å². The smallest absolute Gasteiger partial charge is 0.227 e. The summed E-state index contributed by atoms with van der Waals surface area (Å²) in [7, 11) is 1.62. The minimum atomic E-state index is 0.128. The number of amides is 1. The van der Waals surface area contributed by atoms with Crippen molar-refractivity contribution in [2.24, 2.45) is 0 Å². The second-order valence-corrected chi connectivity index (χ2v) is 4.37. The summed E-state index contributed by atoms with van der Waals surface area (Å²) >= 11 is 0. The van der Waals surface area contributed by atoms with E-state index in [1.54, 1.807) is 13.4 Å². The zero-order valence-corrected chi connectivity index (χ0v) is 11.6. The van der Waals surface area contributed by atoms with E-state index in [0.717, 1.165) is 35.4 Å². The molecule has 0 N–H and O–H groups in total. The monoisotopic (exact) mass is 261 g/mol. The number of rotatable bonds is 5. The van der Waals surface area contributed by atoms with Gasteiger partial charge in [0, 0.05) is 30.1 Å². The Morgan fingerprint density at radius 3 is 2.68 bits per heavy atom. The van der Waals surface area contributed by atoms with Gasteiger partial charge < -0.3 is 14.1 Å². The molecular weight excluding hydrogens is 242 g/mol. The quantitative estimate of drug-likeness (QED) is 0.831. The van der Waals surface area contributed by atoms with Gasteiger partial charge in [0.25, 0.3) is 0 Å². The van der Waals surface area contributed by atoms with Crippen LogP contribution in [-0.2, 0) is 11.2 Å². The van der Waals surface area contributed by atoms with Gasteiger partial charge >= 0.3 is 0 Å². The van der Waals surface area contributed by atoms with E-state index in [4.69, 9.17) is 9.15 Å². The van der Waals surface area contributed by atoms with E-state index in [0.29, 0.717) is 6.42 Å². The summed E-state index contributed by atoms with van der Waals surface area (Å²) < 4.78 is 10.6. The number of likely N-dealkylation sites (N-methyl/N-ethyl adjacent to an activating group) is 1. The zero-order chi connectivity index (χ0) is 13.8. The largest absolute Gasteiger partial charge is 0.497 e.